The van der Waals surface area contributed by atoms with Crippen molar-refractivity contribution in [2.75, 3.05) is 26.2 Å². The van der Waals surface area contributed by atoms with E-state index in [0.717, 1.165) is 43.9 Å². The predicted molar refractivity (Wildman–Crippen MR) is 134 cm³/mol. The highest BCUT2D eigenvalue weighted by Crippen LogP contribution is 2.13. The van der Waals surface area contributed by atoms with Crippen molar-refractivity contribution in [1.29, 1.82) is 0 Å². The molecular weight excluding hydrogens is 414 g/mol. The Morgan fingerprint density at radius 1 is 1.09 bits per heavy atom. The van der Waals surface area contributed by atoms with Gasteiger partial charge in [-0.2, -0.15) is 0 Å². The van der Waals surface area contributed by atoms with E-state index in [1.165, 1.54) is 38.4 Å². The van der Waals surface area contributed by atoms with E-state index in [2.05, 4.69) is 62.9 Å². The number of nitrogens with one attached hydrogen (secondary N) is 1. The van der Waals surface area contributed by atoms with Crippen molar-refractivity contribution >= 4 is 12.2 Å². The summed E-state index contributed by atoms with van der Waals surface area (Å²) in [5.41, 5.74) is 2.35. The molecule has 1 atom stereocenters. The number of H-pyrrole nitrogens is 1. The fraction of sp³-hybridized carbons (Fsp3) is 0.577. The SMILES string of the molecule is CCCN(CCC)CCCCN(Cc1ccc(C/N=C/c2ncc[nH]2)cc1)C(C)OC(C)=O. The van der Waals surface area contributed by atoms with Gasteiger partial charge in [0.05, 0.1) is 12.8 Å². The molecule has 2 aromatic rings. The number of aromatic amines is 1. The number of rotatable bonds is 16. The van der Waals surface area contributed by atoms with Crippen LogP contribution in [0, 0.1) is 0 Å². The van der Waals surface area contributed by atoms with Crippen LogP contribution in [0.2, 0.25) is 0 Å². The Balaban J connectivity index is 1.88. The molecule has 33 heavy (non-hydrogen) atoms. The van der Waals surface area contributed by atoms with Crippen LogP contribution in [-0.4, -0.2) is 64.4 Å². The van der Waals surface area contributed by atoms with Crippen molar-refractivity contribution < 1.29 is 9.53 Å². The number of hydrogen-bond acceptors (Lipinski definition) is 6. The average molecular weight is 456 g/mol. The van der Waals surface area contributed by atoms with Crippen LogP contribution in [0.1, 0.15) is 70.3 Å². The zero-order chi connectivity index (χ0) is 23.9. The van der Waals surface area contributed by atoms with Crippen LogP contribution >= 0.6 is 0 Å². The lowest BCUT2D eigenvalue weighted by molar-refractivity contribution is -0.155. The van der Waals surface area contributed by atoms with Crippen molar-refractivity contribution in [2.45, 2.75) is 72.7 Å². The summed E-state index contributed by atoms with van der Waals surface area (Å²) in [4.78, 5) is 27.9. The number of esters is 1. The van der Waals surface area contributed by atoms with Gasteiger partial charge in [-0.05, 0) is 63.4 Å². The first-order chi connectivity index (χ1) is 16.0. The highest BCUT2D eigenvalue weighted by atomic mass is 16.6. The number of aromatic nitrogens is 2. The minimum Gasteiger partial charge on any atom is -0.447 e. The maximum absolute atomic E-state index is 11.5. The molecule has 0 radical (unpaired) electrons. The van der Waals surface area contributed by atoms with Gasteiger partial charge in [-0.3, -0.25) is 14.7 Å². The molecule has 1 aromatic heterocycles. The summed E-state index contributed by atoms with van der Waals surface area (Å²) in [6.07, 6.45) is 9.61. The number of unbranched alkanes of at least 4 members (excludes halogenated alkanes) is 1. The van der Waals surface area contributed by atoms with Gasteiger partial charge in [0.25, 0.3) is 0 Å². The Bertz CT molecular complexity index is 799. The van der Waals surface area contributed by atoms with Crippen molar-refractivity contribution in [3.8, 4) is 0 Å². The molecule has 0 saturated carbocycles. The van der Waals surface area contributed by atoms with Gasteiger partial charge in [0.1, 0.15) is 5.82 Å². The van der Waals surface area contributed by atoms with E-state index in [-0.39, 0.29) is 12.2 Å². The van der Waals surface area contributed by atoms with Crippen LogP contribution in [0.4, 0.5) is 0 Å². The van der Waals surface area contributed by atoms with Crippen LogP contribution in [0.3, 0.4) is 0 Å². The molecule has 0 aliphatic rings. The van der Waals surface area contributed by atoms with Crippen molar-refractivity contribution in [2.24, 2.45) is 4.99 Å². The maximum Gasteiger partial charge on any atom is 0.304 e. The third-order valence-corrected chi connectivity index (χ3v) is 5.52. The van der Waals surface area contributed by atoms with E-state index in [1.807, 2.05) is 6.92 Å². The topological polar surface area (TPSA) is 73.8 Å². The van der Waals surface area contributed by atoms with Gasteiger partial charge in [0.2, 0.25) is 0 Å². The van der Waals surface area contributed by atoms with Crippen LogP contribution in [0.5, 0.6) is 0 Å². The highest BCUT2D eigenvalue weighted by molar-refractivity contribution is 5.74. The molecule has 0 bridgehead atoms. The molecule has 0 spiro atoms. The van der Waals surface area contributed by atoms with E-state index < -0.39 is 0 Å². The molecule has 0 fully saturated rings. The summed E-state index contributed by atoms with van der Waals surface area (Å²) in [6.45, 7) is 13.6. The van der Waals surface area contributed by atoms with Gasteiger partial charge in [-0.15, -0.1) is 0 Å². The first kappa shape index (κ1) is 26.7. The van der Waals surface area contributed by atoms with Crippen molar-refractivity contribution in [1.82, 2.24) is 19.8 Å². The first-order valence-corrected chi connectivity index (χ1v) is 12.2. The third-order valence-electron chi connectivity index (χ3n) is 5.52. The number of nitrogens with zero attached hydrogens (tertiary/aromatic N) is 4. The first-order valence-electron chi connectivity index (χ1n) is 12.2. The Morgan fingerprint density at radius 2 is 1.76 bits per heavy atom. The fourth-order valence-corrected chi connectivity index (χ4v) is 3.89. The van der Waals surface area contributed by atoms with Crippen molar-refractivity contribution in [3.05, 3.63) is 53.6 Å². The summed E-state index contributed by atoms with van der Waals surface area (Å²) in [5.74, 6) is 0.517. The van der Waals surface area contributed by atoms with Crippen molar-refractivity contribution in [3.63, 3.8) is 0 Å². The highest BCUT2D eigenvalue weighted by Gasteiger charge is 2.17. The lowest BCUT2D eigenvalue weighted by Gasteiger charge is -2.29. The van der Waals surface area contributed by atoms with Gasteiger partial charge in [-0.25, -0.2) is 4.98 Å². The Morgan fingerprint density at radius 3 is 2.36 bits per heavy atom. The summed E-state index contributed by atoms with van der Waals surface area (Å²) in [6, 6.07) is 8.48. The van der Waals surface area contributed by atoms with Gasteiger partial charge >= 0.3 is 5.97 Å². The van der Waals surface area contributed by atoms with Gasteiger partial charge in [0.15, 0.2) is 6.23 Å². The summed E-state index contributed by atoms with van der Waals surface area (Å²) in [7, 11) is 0. The number of ether oxygens (including phenoxy) is 1. The van der Waals surface area contributed by atoms with Gasteiger partial charge < -0.3 is 14.6 Å². The van der Waals surface area contributed by atoms with E-state index >= 15 is 0 Å². The molecule has 7 heteroatoms. The van der Waals surface area contributed by atoms with E-state index in [0.29, 0.717) is 6.54 Å². The average Bonchev–Trinajstić information content (AvgIpc) is 3.30. The van der Waals surface area contributed by atoms with Crippen LogP contribution in [0.25, 0.3) is 0 Å². The second-order valence-electron chi connectivity index (χ2n) is 8.49. The largest absolute Gasteiger partial charge is 0.447 e. The van der Waals surface area contributed by atoms with Gasteiger partial charge in [-0.1, -0.05) is 38.1 Å². The molecule has 1 unspecified atom stereocenters. The minimum atomic E-state index is -0.248. The zero-order valence-electron chi connectivity index (χ0n) is 20.8. The number of hydrogen-bond donors (Lipinski definition) is 1. The molecule has 1 N–H and O–H groups in total. The van der Waals surface area contributed by atoms with Crippen LogP contribution in [-0.2, 0) is 22.6 Å². The quantitative estimate of drug-likeness (QED) is 0.173. The monoisotopic (exact) mass is 455 g/mol. The molecular formula is C26H41N5O2. The molecule has 0 aliphatic heterocycles. The molecule has 2 rings (SSSR count). The molecule has 0 saturated heterocycles. The van der Waals surface area contributed by atoms with Gasteiger partial charge in [0, 0.05) is 32.4 Å². The number of carbonyl (C=O) groups is 1. The fourth-order valence-electron chi connectivity index (χ4n) is 3.89. The standard InChI is InChI=1S/C26H41N5O2/c1-5-15-30(16-6-2)17-7-8-18-31(22(3)33-23(4)32)21-25-11-9-24(10-12-25)19-27-20-26-28-13-14-29-26/h9-14,20,22H,5-8,15-19,21H2,1-4H3,(H,28,29)/b27-20+. The number of aliphatic imine (C=N–C) groups is 1. The van der Waals surface area contributed by atoms with Crippen LogP contribution < -0.4 is 0 Å². The van der Waals surface area contributed by atoms with E-state index in [9.17, 15) is 4.79 Å². The molecule has 1 heterocycles. The smallest absolute Gasteiger partial charge is 0.304 e. The lowest BCUT2D eigenvalue weighted by Crippen LogP contribution is -2.37. The molecule has 0 amide bonds. The second kappa shape index (κ2) is 15.3. The molecule has 182 valence electrons. The Kier molecular flexibility index (Phi) is 12.4. The van der Waals surface area contributed by atoms with E-state index in [1.54, 1.807) is 18.6 Å². The number of benzene rings is 1. The summed E-state index contributed by atoms with van der Waals surface area (Å²) >= 11 is 0. The maximum atomic E-state index is 11.5. The molecule has 7 nitrogen and oxygen atoms in total. The predicted octanol–water partition coefficient (Wildman–Crippen LogP) is 4.64. The molecule has 0 aliphatic carbocycles. The zero-order valence-corrected chi connectivity index (χ0v) is 20.8. The summed E-state index contributed by atoms with van der Waals surface area (Å²) < 4.78 is 5.50. The van der Waals surface area contributed by atoms with E-state index in [4.69, 9.17) is 4.74 Å². The molecule has 1 aromatic carbocycles. The Labute approximate surface area is 199 Å². The lowest BCUT2D eigenvalue weighted by atomic mass is 10.1. The third kappa shape index (κ3) is 10.8. The van der Waals surface area contributed by atoms with Crippen LogP contribution in [0.15, 0.2) is 41.7 Å². The normalized spacial score (nSPS) is 12.7. The second-order valence-corrected chi connectivity index (χ2v) is 8.49. The summed E-state index contributed by atoms with van der Waals surface area (Å²) in [5, 5.41) is 0. The minimum absolute atomic E-state index is 0.241. The number of carbonyl (C=O) groups excluding carboxylic acids is 1. The Hall–Kier alpha value is -2.51. The number of imidazole rings is 1.